The van der Waals surface area contributed by atoms with E-state index in [1.807, 2.05) is 13.0 Å². The van der Waals surface area contributed by atoms with Gasteiger partial charge in [0.05, 0.1) is 17.2 Å². The van der Waals surface area contributed by atoms with Gasteiger partial charge in [0.25, 0.3) is 0 Å². The molecule has 2 N–H and O–H groups in total. The van der Waals surface area contributed by atoms with Gasteiger partial charge in [-0.2, -0.15) is 5.10 Å². The number of anilines is 1. The largest absolute Gasteiger partial charge is 0.384 e. The van der Waals surface area contributed by atoms with Gasteiger partial charge in [-0.15, -0.1) is 0 Å². The van der Waals surface area contributed by atoms with Crippen molar-refractivity contribution in [3.63, 3.8) is 0 Å². The minimum atomic E-state index is -0.278. The van der Waals surface area contributed by atoms with Crippen LogP contribution in [0.25, 0.3) is 0 Å². The molecule has 5 heteroatoms. The van der Waals surface area contributed by atoms with Crippen LogP contribution < -0.4 is 5.73 Å². The first kappa shape index (κ1) is 11.1. The van der Waals surface area contributed by atoms with Crippen molar-refractivity contribution >= 4 is 21.7 Å². The van der Waals surface area contributed by atoms with E-state index in [1.165, 1.54) is 6.07 Å². The number of rotatable bonds is 2. The van der Waals surface area contributed by atoms with E-state index >= 15 is 0 Å². The number of nitrogens with two attached hydrogens (primary N) is 1. The zero-order chi connectivity index (χ0) is 11.7. The van der Waals surface area contributed by atoms with Crippen molar-refractivity contribution in [3.8, 4) is 0 Å². The molecular weight excluding hydrogens is 273 g/mol. The highest BCUT2D eigenvalue weighted by molar-refractivity contribution is 9.10. The molecule has 2 aromatic rings. The number of halogens is 2. The molecule has 2 rings (SSSR count). The van der Waals surface area contributed by atoms with Crippen molar-refractivity contribution in [2.24, 2.45) is 0 Å². The maximum absolute atomic E-state index is 13.3. The molecule has 0 amide bonds. The van der Waals surface area contributed by atoms with E-state index in [-0.39, 0.29) is 5.82 Å². The summed E-state index contributed by atoms with van der Waals surface area (Å²) in [4.78, 5) is 0. The van der Waals surface area contributed by atoms with E-state index in [9.17, 15) is 4.39 Å². The van der Waals surface area contributed by atoms with Crippen molar-refractivity contribution in [2.75, 3.05) is 5.73 Å². The van der Waals surface area contributed by atoms with Crippen LogP contribution in [0.15, 0.2) is 28.9 Å². The zero-order valence-corrected chi connectivity index (χ0v) is 10.3. The average Bonchev–Trinajstić information content (AvgIpc) is 2.55. The van der Waals surface area contributed by atoms with Crippen LogP contribution in [0.2, 0.25) is 0 Å². The third-order valence-electron chi connectivity index (χ3n) is 2.39. The minimum Gasteiger partial charge on any atom is -0.384 e. The van der Waals surface area contributed by atoms with E-state index in [4.69, 9.17) is 5.73 Å². The van der Waals surface area contributed by atoms with Gasteiger partial charge in [0.2, 0.25) is 0 Å². The second kappa shape index (κ2) is 4.25. The van der Waals surface area contributed by atoms with Gasteiger partial charge in [-0.1, -0.05) is 6.07 Å². The topological polar surface area (TPSA) is 43.8 Å². The summed E-state index contributed by atoms with van der Waals surface area (Å²) in [7, 11) is 0. The third-order valence-corrected chi connectivity index (χ3v) is 3.03. The van der Waals surface area contributed by atoms with E-state index in [0.29, 0.717) is 16.8 Å². The number of hydrogen-bond acceptors (Lipinski definition) is 2. The highest BCUT2D eigenvalue weighted by atomic mass is 79.9. The maximum Gasteiger partial charge on any atom is 0.137 e. The van der Waals surface area contributed by atoms with Crippen molar-refractivity contribution in [3.05, 3.63) is 45.8 Å². The van der Waals surface area contributed by atoms with Crippen LogP contribution in [0.4, 0.5) is 10.2 Å². The Kier molecular flexibility index (Phi) is 2.96. The Morgan fingerprint density at radius 3 is 2.81 bits per heavy atom. The van der Waals surface area contributed by atoms with E-state index in [1.54, 1.807) is 16.9 Å². The Morgan fingerprint density at radius 2 is 2.25 bits per heavy atom. The fourth-order valence-corrected chi connectivity index (χ4v) is 1.67. The van der Waals surface area contributed by atoms with Gasteiger partial charge in [0.15, 0.2) is 0 Å². The quantitative estimate of drug-likeness (QED) is 0.921. The van der Waals surface area contributed by atoms with Crippen LogP contribution >= 0.6 is 15.9 Å². The molecule has 0 fully saturated rings. The average molecular weight is 284 g/mol. The zero-order valence-electron chi connectivity index (χ0n) is 8.74. The molecule has 0 radical (unpaired) electrons. The van der Waals surface area contributed by atoms with Crippen LogP contribution in [0.5, 0.6) is 0 Å². The van der Waals surface area contributed by atoms with Crippen molar-refractivity contribution < 1.29 is 4.39 Å². The highest BCUT2D eigenvalue weighted by Crippen LogP contribution is 2.18. The fraction of sp³-hybridized carbons (Fsp3) is 0.182. The van der Waals surface area contributed by atoms with E-state index < -0.39 is 0 Å². The van der Waals surface area contributed by atoms with E-state index in [2.05, 4.69) is 21.0 Å². The van der Waals surface area contributed by atoms with Crippen LogP contribution in [0.3, 0.4) is 0 Å². The van der Waals surface area contributed by atoms with Crippen molar-refractivity contribution in [2.45, 2.75) is 13.5 Å². The van der Waals surface area contributed by atoms with Gasteiger partial charge in [-0.05, 0) is 40.5 Å². The lowest BCUT2D eigenvalue weighted by Gasteiger charge is -2.05. The van der Waals surface area contributed by atoms with Crippen LogP contribution in [-0.2, 0) is 6.54 Å². The molecule has 16 heavy (non-hydrogen) atoms. The third kappa shape index (κ3) is 2.09. The summed E-state index contributed by atoms with van der Waals surface area (Å²) in [6, 6.07) is 4.99. The van der Waals surface area contributed by atoms with Crippen molar-refractivity contribution in [1.29, 1.82) is 0 Å². The molecule has 0 aliphatic carbocycles. The molecule has 0 aliphatic heterocycles. The minimum absolute atomic E-state index is 0.278. The molecule has 1 aromatic carbocycles. The molecule has 0 spiro atoms. The highest BCUT2D eigenvalue weighted by Gasteiger charge is 2.05. The summed E-state index contributed by atoms with van der Waals surface area (Å²) >= 11 is 3.11. The first-order valence-corrected chi connectivity index (χ1v) is 5.59. The summed E-state index contributed by atoms with van der Waals surface area (Å²) < 4.78 is 15.4. The molecule has 0 saturated carbocycles. The van der Waals surface area contributed by atoms with Crippen LogP contribution in [0.1, 0.15) is 11.1 Å². The second-order valence-electron chi connectivity index (χ2n) is 3.62. The Balaban J connectivity index is 2.27. The first-order chi connectivity index (χ1) is 7.58. The molecule has 0 atom stereocenters. The standard InChI is InChI=1S/C11H11BrFN3/c1-7-5-15-16(11(7)14)6-8-2-3-9(12)10(13)4-8/h2-5H,6,14H2,1H3. The number of benzene rings is 1. The number of aryl methyl sites for hydroxylation is 1. The predicted molar refractivity (Wildman–Crippen MR) is 64.6 cm³/mol. The number of nitrogens with zero attached hydrogens (tertiary/aromatic N) is 2. The molecule has 84 valence electrons. The summed E-state index contributed by atoms with van der Waals surface area (Å²) in [5, 5.41) is 4.12. The lowest BCUT2D eigenvalue weighted by atomic mass is 10.2. The summed E-state index contributed by atoms with van der Waals surface area (Å²) in [5.41, 5.74) is 7.57. The molecule has 0 aliphatic rings. The summed E-state index contributed by atoms with van der Waals surface area (Å²) in [6.45, 7) is 2.37. The predicted octanol–water partition coefficient (Wildman–Crippen LogP) is 2.72. The van der Waals surface area contributed by atoms with Crippen LogP contribution in [-0.4, -0.2) is 9.78 Å². The molecule has 1 aromatic heterocycles. The van der Waals surface area contributed by atoms with Crippen LogP contribution in [0, 0.1) is 12.7 Å². The van der Waals surface area contributed by atoms with Gasteiger partial charge in [-0.3, -0.25) is 0 Å². The van der Waals surface area contributed by atoms with Gasteiger partial charge < -0.3 is 5.73 Å². The molecule has 1 heterocycles. The normalized spacial score (nSPS) is 10.7. The van der Waals surface area contributed by atoms with E-state index in [0.717, 1.165) is 11.1 Å². The van der Waals surface area contributed by atoms with Gasteiger partial charge in [-0.25, -0.2) is 9.07 Å². The molecule has 3 nitrogen and oxygen atoms in total. The van der Waals surface area contributed by atoms with Gasteiger partial charge in [0, 0.05) is 5.56 Å². The summed E-state index contributed by atoms with van der Waals surface area (Å²) in [5.74, 6) is 0.336. The number of nitrogen functional groups attached to an aromatic ring is 1. The molecule has 0 saturated heterocycles. The Hall–Kier alpha value is -1.36. The Bertz CT molecular complexity index is 522. The number of hydrogen-bond donors (Lipinski definition) is 1. The monoisotopic (exact) mass is 283 g/mol. The molecular formula is C11H11BrFN3. The fourth-order valence-electron chi connectivity index (χ4n) is 1.43. The lowest BCUT2D eigenvalue weighted by Crippen LogP contribution is -2.06. The van der Waals surface area contributed by atoms with Gasteiger partial charge >= 0.3 is 0 Å². The second-order valence-corrected chi connectivity index (χ2v) is 4.47. The van der Waals surface area contributed by atoms with Crippen molar-refractivity contribution in [1.82, 2.24) is 9.78 Å². The van der Waals surface area contributed by atoms with Gasteiger partial charge in [0.1, 0.15) is 11.6 Å². The smallest absolute Gasteiger partial charge is 0.137 e. The number of aromatic nitrogens is 2. The Labute approximate surface area is 101 Å². The SMILES string of the molecule is Cc1cnn(Cc2ccc(Br)c(F)c2)c1N. The lowest BCUT2D eigenvalue weighted by molar-refractivity contribution is 0.614. The molecule has 0 unspecified atom stereocenters. The maximum atomic E-state index is 13.3. The molecule has 0 bridgehead atoms. The summed E-state index contributed by atoms with van der Waals surface area (Å²) in [6.07, 6.45) is 1.70. The first-order valence-electron chi connectivity index (χ1n) is 4.79. The Morgan fingerprint density at radius 1 is 1.50 bits per heavy atom.